The first kappa shape index (κ1) is 12.7. The number of nitrogens with zero attached hydrogens (tertiary/aromatic N) is 1. The predicted octanol–water partition coefficient (Wildman–Crippen LogP) is 2.29. The molecule has 0 rings (SSSR count). The summed E-state index contributed by atoms with van der Waals surface area (Å²) in [5.74, 6) is -1.15. The second-order valence-electron chi connectivity index (χ2n) is 3.04. The molecule has 14 heavy (non-hydrogen) atoms. The summed E-state index contributed by atoms with van der Waals surface area (Å²) in [6.07, 6.45) is 5.58. The predicted molar refractivity (Wildman–Crippen MR) is 54.3 cm³/mol. The minimum Gasteiger partial charge on any atom is -0.468 e. The van der Waals surface area contributed by atoms with Crippen molar-refractivity contribution in [3.05, 3.63) is 12.2 Å². The third-order valence-corrected chi connectivity index (χ3v) is 2.11. The van der Waals surface area contributed by atoms with E-state index in [1.54, 1.807) is 0 Å². The van der Waals surface area contributed by atoms with Crippen LogP contribution < -0.4 is 0 Å². The number of hydrogen-bond acceptors (Lipinski definition) is 3. The summed E-state index contributed by atoms with van der Waals surface area (Å²) >= 11 is 0. The van der Waals surface area contributed by atoms with Gasteiger partial charge in [0.2, 0.25) is 0 Å². The van der Waals surface area contributed by atoms with Crippen LogP contribution in [-0.4, -0.2) is 13.1 Å². The van der Waals surface area contributed by atoms with Crippen LogP contribution >= 0.6 is 0 Å². The number of nitriles is 1. The van der Waals surface area contributed by atoms with Crippen LogP contribution in [0.4, 0.5) is 0 Å². The van der Waals surface area contributed by atoms with E-state index in [2.05, 4.69) is 4.74 Å². The van der Waals surface area contributed by atoms with Gasteiger partial charge in [-0.05, 0) is 12.8 Å². The van der Waals surface area contributed by atoms with Crippen LogP contribution in [0.2, 0.25) is 0 Å². The standard InChI is InChI=1S/C11H17NO2/c1-4-6-7-9(5-2)10(8-12)11(13)14-3/h6-7,9-10H,4-5H2,1-3H3/b7-6+. The fourth-order valence-electron chi connectivity index (χ4n) is 1.24. The Hall–Kier alpha value is -1.30. The van der Waals surface area contributed by atoms with E-state index in [1.807, 2.05) is 32.1 Å². The third-order valence-electron chi connectivity index (χ3n) is 2.11. The van der Waals surface area contributed by atoms with Crippen LogP contribution in [0.1, 0.15) is 26.7 Å². The Balaban J connectivity index is 4.54. The monoisotopic (exact) mass is 195 g/mol. The summed E-state index contributed by atoms with van der Waals surface area (Å²) in [7, 11) is 1.31. The fraction of sp³-hybridized carbons (Fsp3) is 0.636. The zero-order valence-electron chi connectivity index (χ0n) is 8.99. The van der Waals surface area contributed by atoms with Gasteiger partial charge in [0.1, 0.15) is 5.92 Å². The normalized spacial score (nSPS) is 14.7. The molecular weight excluding hydrogens is 178 g/mol. The summed E-state index contributed by atoms with van der Waals surface area (Å²) in [4.78, 5) is 11.2. The summed E-state index contributed by atoms with van der Waals surface area (Å²) < 4.78 is 4.57. The lowest BCUT2D eigenvalue weighted by molar-refractivity contribution is -0.144. The van der Waals surface area contributed by atoms with Crippen molar-refractivity contribution in [1.29, 1.82) is 5.26 Å². The van der Waals surface area contributed by atoms with Crippen molar-refractivity contribution in [2.24, 2.45) is 11.8 Å². The van der Waals surface area contributed by atoms with Gasteiger partial charge >= 0.3 is 5.97 Å². The summed E-state index contributed by atoms with van der Waals surface area (Å²) in [5, 5.41) is 8.84. The van der Waals surface area contributed by atoms with Crippen LogP contribution in [-0.2, 0) is 9.53 Å². The van der Waals surface area contributed by atoms with Crippen LogP contribution in [0.5, 0.6) is 0 Å². The van der Waals surface area contributed by atoms with Gasteiger partial charge in [0.15, 0.2) is 0 Å². The lowest BCUT2D eigenvalue weighted by atomic mass is 9.90. The van der Waals surface area contributed by atoms with E-state index < -0.39 is 11.9 Å². The van der Waals surface area contributed by atoms with Crippen LogP contribution in [0.15, 0.2) is 12.2 Å². The number of carbonyl (C=O) groups is 1. The van der Waals surface area contributed by atoms with Crippen LogP contribution in [0, 0.1) is 23.2 Å². The summed E-state index contributed by atoms with van der Waals surface area (Å²) in [5.41, 5.74) is 0. The van der Waals surface area contributed by atoms with Gasteiger partial charge in [0, 0.05) is 5.92 Å². The highest BCUT2D eigenvalue weighted by Gasteiger charge is 2.25. The van der Waals surface area contributed by atoms with Gasteiger partial charge in [-0.25, -0.2) is 0 Å². The molecule has 0 fully saturated rings. The largest absolute Gasteiger partial charge is 0.468 e. The maximum absolute atomic E-state index is 11.2. The van der Waals surface area contributed by atoms with Crippen molar-refractivity contribution >= 4 is 5.97 Å². The molecule has 0 N–H and O–H groups in total. The topological polar surface area (TPSA) is 50.1 Å². The Morgan fingerprint density at radius 3 is 2.57 bits per heavy atom. The SMILES string of the molecule is CC/C=C/C(CC)C(C#N)C(=O)OC. The molecular formula is C11H17NO2. The van der Waals surface area contributed by atoms with Gasteiger partial charge in [-0.15, -0.1) is 0 Å². The highest BCUT2D eigenvalue weighted by Crippen LogP contribution is 2.18. The molecule has 0 saturated heterocycles. The van der Waals surface area contributed by atoms with E-state index in [1.165, 1.54) is 7.11 Å². The molecule has 2 unspecified atom stereocenters. The highest BCUT2D eigenvalue weighted by atomic mass is 16.5. The average molecular weight is 195 g/mol. The van der Waals surface area contributed by atoms with Crippen molar-refractivity contribution in [1.82, 2.24) is 0 Å². The Morgan fingerprint density at radius 1 is 1.57 bits per heavy atom. The molecule has 0 bridgehead atoms. The number of hydrogen-bond donors (Lipinski definition) is 0. The smallest absolute Gasteiger partial charge is 0.323 e. The Labute approximate surface area is 85.4 Å². The van der Waals surface area contributed by atoms with Gasteiger partial charge in [-0.1, -0.05) is 26.0 Å². The lowest BCUT2D eigenvalue weighted by Crippen LogP contribution is -2.22. The number of allylic oxidation sites excluding steroid dienone is 2. The number of ether oxygens (including phenoxy) is 1. The first-order valence-corrected chi connectivity index (χ1v) is 4.85. The molecule has 0 amide bonds. The van der Waals surface area contributed by atoms with Crippen molar-refractivity contribution < 1.29 is 9.53 Å². The molecule has 0 saturated carbocycles. The van der Waals surface area contributed by atoms with Crippen molar-refractivity contribution in [3.8, 4) is 6.07 Å². The molecule has 0 radical (unpaired) electrons. The van der Waals surface area contributed by atoms with E-state index in [0.29, 0.717) is 0 Å². The van der Waals surface area contributed by atoms with Crippen LogP contribution in [0.3, 0.4) is 0 Å². The van der Waals surface area contributed by atoms with Crippen LogP contribution in [0.25, 0.3) is 0 Å². The maximum Gasteiger partial charge on any atom is 0.323 e. The maximum atomic E-state index is 11.2. The molecule has 0 aliphatic heterocycles. The molecule has 0 spiro atoms. The zero-order valence-corrected chi connectivity index (χ0v) is 8.99. The third kappa shape index (κ3) is 3.61. The molecule has 3 nitrogen and oxygen atoms in total. The van der Waals surface area contributed by atoms with Gasteiger partial charge in [-0.2, -0.15) is 5.26 Å². The molecule has 0 aromatic heterocycles. The average Bonchev–Trinajstić information content (AvgIpc) is 2.23. The van der Waals surface area contributed by atoms with E-state index in [9.17, 15) is 4.79 Å². The van der Waals surface area contributed by atoms with Gasteiger partial charge in [0.05, 0.1) is 13.2 Å². The fourth-order valence-corrected chi connectivity index (χ4v) is 1.24. The molecule has 0 aliphatic carbocycles. The van der Waals surface area contributed by atoms with E-state index in [0.717, 1.165) is 12.8 Å². The number of esters is 1. The van der Waals surface area contributed by atoms with E-state index >= 15 is 0 Å². The zero-order chi connectivity index (χ0) is 11.0. The minimum absolute atomic E-state index is 0.0348. The number of methoxy groups -OCH3 is 1. The summed E-state index contributed by atoms with van der Waals surface area (Å²) in [6.45, 7) is 3.97. The molecule has 0 aromatic carbocycles. The van der Waals surface area contributed by atoms with Gasteiger partial charge < -0.3 is 4.74 Å². The Kier molecular flexibility index (Phi) is 6.47. The molecule has 0 aliphatic rings. The summed E-state index contributed by atoms with van der Waals surface area (Å²) in [6, 6.07) is 1.99. The first-order chi connectivity index (χ1) is 6.71. The molecule has 3 heteroatoms. The Bertz CT molecular complexity index is 240. The number of carbonyl (C=O) groups excluding carboxylic acids is 1. The second-order valence-corrected chi connectivity index (χ2v) is 3.04. The quantitative estimate of drug-likeness (QED) is 0.499. The van der Waals surface area contributed by atoms with Crippen molar-refractivity contribution in [3.63, 3.8) is 0 Å². The minimum atomic E-state index is -0.673. The molecule has 0 aromatic rings. The molecule has 78 valence electrons. The van der Waals surface area contributed by atoms with E-state index in [-0.39, 0.29) is 5.92 Å². The van der Waals surface area contributed by atoms with Gasteiger partial charge in [-0.3, -0.25) is 4.79 Å². The van der Waals surface area contributed by atoms with Crippen molar-refractivity contribution in [2.45, 2.75) is 26.7 Å². The van der Waals surface area contributed by atoms with Crippen molar-refractivity contribution in [2.75, 3.05) is 7.11 Å². The lowest BCUT2D eigenvalue weighted by Gasteiger charge is -2.14. The molecule has 0 heterocycles. The highest BCUT2D eigenvalue weighted by molar-refractivity contribution is 5.75. The number of rotatable bonds is 5. The van der Waals surface area contributed by atoms with Gasteiger partial charge in [0.25, 0.3) is 0 Å². The second kappa shape index (κ2) is 7.14. The molecule has 2 atom stereocenters. The first-order valence-electron chi connectivity index (χ1n) is 4.85. The van der Waals surface area contributed by atoms with E-state index in [4.69, 9.17) is 5.26 Å². The Morgan fingerprint density at radius 2 is 2.21 bits per heavy atom.